The van der Waals surface area contributed by atoms with E-state index in [9.17, 15) is 9.59 Å². The number of nitrogens with zero attached hydrogens (tertiary/aromatic N) is 2. The number of anilines is 2. The molecule has 1 fully saturated rings. The lowest BCUT2D eigenvalue weighted by molar-refractivity contribution is -0.135. The molecule has 1 aliphatic rings. The zero-order valence-corrected chi connectivity index (χ0v) is 11.4. The van der Waals surface area contributed by atoms with Crippen LogP contribution in [0.25, 0.3) is 0 Å². The molecule has 2 rings (SSSR count). The molecule has 0 bridgehead atoms. The number of nitrogens with one attached hydrogen (secondary N) is 2. The Morgan fingerprint density at radius 2 is 2.16 bits per heavy atom. The van der Waals surface area contributed by atoms with E-state index in [2.05, 4.69) is 15.6 Å². The number of hydrogen-bond acceptors (Lipinski definition) is 5. The SMILES string of the molecule is CCNc1cccc(N2CC(=O)NC(=O)C2(C)C)n1. The molecule has 0 saturated carbocycles. The van der Waals surface area contributed by atoms with Gasteiger partial charge in [-0.3, -0.25) is 14.9 Å². The van der Waals surface area contributed by atoms with Crippen molar-refractivity contribution in [1.29, 1.82) is 0 Å². The second-order valence-electron chi connectivity index (χ2n) is 4.93. The van der Waals surface area contributed by atoms with Crippen LogP contribution in [0.2, 0.25) is 0 Å². The average molecular weight is 262 g/mol. The van der Waals surface area contributed by atoms with E-state index in [1.807, 2.05) is 19.1 Å². The molecule has 1 aliphatic heterocycles. The maximum absolute atomic E-state index is 11.9. The molecular weight excluding hydrogens is 244 g/mol. The van der Waals surface area contributed by atoms with Gasteiger partial charge in [-0.2, -0.15) is 0 Å². The summed E-state index contributed by atoms with van der Waals surface area (Å²) in [5, 5.41) is 5.46. The summed E-state index contributed by atoms with van der Waals surface area (Å²) in [5.74, 6) is 0.736. The Balaban J connectivity index is 2.35. The minimum Gasteiger partial charge on any atom is -0.370 e. The largest absolute Gasteiger partial charge is 0.370 e. The minimum absolute atomic E-state index is 0.126. The Morgan fingerprint density at radius 3 is 2.84 bits per heavy atom. The minimum atomic E-state index is -0.800. The van der Waals surface area contributed by atoms with E-state index in [1.54, 1.807) is 24.8 Å². The Bertz CT molecular complexity index is 513. The van der Waals surface area contributed by atoms with Crippen LogP contribution in [-0.4, -0.2) is 35.4 Å². The smallest absolute Gasteiger partial charge is 0.251 e. The van der Waals surface area contributed by atoms with Crippen LogP contribution >= 0.6 is 0 Å². The van der Waals surface area contributed by atoms with Crippen LogP contribution in [0.15, 0.2) is 18.2 Å². The molecule has 2 heterocycles. The fraction of sp³-hybridized carbons (Fsp3) is 0.462. The number of pyridine rings is 1. The molecule has 0 radical (unpaired) electrons. The highest BCUT2D eigenvalue weighted by molar-refractivity contribution is 6.06. The summed E-state index contributed by atoms with van der Waals surface area (Å²) in [6.45, 7) is 6.42. The van der Waals surface area contributed by atoms with E-state index in [1.165, 1.54) is 0 Å². The number of hydrogen-bond donors (Lipinski definition) is 2. The van der Waals surface area contributed by atoms with Gasteiger partial charge in [0.25, 0.3) is 5.91 Å². The van der Waals surface area contributed by atoms with Crippen LogP contribution in [-0.2, 0) is 9.59 Å². The summed E-state index contributed by atoms with van der Waals surface area (Å²) in [4.78, 5) is 29.6. The summed E-state index contributed by atoms with van der Waals surface area (Å²) in [7, 11) is 0. The van der Waals surface area contributed by atoms with Crippen molar-refractivity contribution in [2.75, 3.05) is 23.3 Å². The zero-order chi connectivity index (χ0) is 14.0. The number of carbonyl (C=O) groups excluding carboxylic acids is 2. The van der Waals surface area contributed by atoms with Crippen molar-refractivity contribution in [1.82, 2.24) is 10.3 Å². The molecule has 0 aromatic carbocycles. The standard InChI is InChI=1S/C13H18N4O2/c1-4-14-9-6-5-7-10(15-9)17-8-11(18)16-12(19)13(17,2)3/h5-7H,4,8H2,1-3H3,(H,14,15)(H,16,18,19). The van der Waals surface area contributed by atoms with Crippen LogP contribution in [0, 0.1) is 0 Å². The number of carbonyl (C=O) groups is 2. The normalized spacial score (nSPS) is 18.2. The summed E-state index contributed by atoms with van der Waals surface area (Å²) in [5.41, 5.74) is -0.800. The average Bonchev–Trinajstić information content (AvgIpc) is 2.35. The number of aromatic nitrogens is 1. The maximum Gasteiger partial charge on any atom is 0.251 e. The molecule has 0 atom stereocenters. The number of imide groups is 1. The number of piperazine rings is 1. The van der Waals surface area contributed by atoms with Gasteiger partial charge in [-0.15, -0.1) is 0 Å². The third kappa shape index (κ3) is 2.52. The van der Waals surface area contributed by atoms with Crippen LogP contribution in [0.4, 0.5) is 11.6 Å². The molecule has 1 aromatic rings. The number of rotatable bonds is 3. The van der Waals surface area contributed by atoms with Gasteiger partial charge in [0.05, 0.1) is 6.54 Å². The molecule has 1 saturated heterocycles. The van der Waals surface area contributed by atoms with Gasteiger partial charge < -0.3 is 10.2 Å². The second-order valence-corrected chi connectivity index (χ2v) is 4.93. The Morgan fingerprint density at radius 1 is 1.42 bits per heavy atom. The highest BCUT2D eigenvalue weighted by Crippen LogP contribution is 2.25. The predicted molar refractivity (Wildman–Crippen MR) is 73.0 cm³/mol. The highest BCUT2D eigenvalue weighted by Gasteiger charge is 2.41. The monoisotopic (exact) mass is 262 g/mol. The molecule has 0 aliphatic carbocycles. The first kappa shape index (κ1) is 13.3. The maximum atomic E-state index is 11.9. The van der Waals surface area contributed by atoms with Crippen LogP contribution < -0.4 is 15.5 Å². The van der Waals surface area contributed by atoms with E-state index < -0.39 is 5.54 Å². The van der Waals surface area contributed by atoms with Crippen molar-refractivity contribution >= 4 is 23.5 Å². The van der Waals surface area contributed by atoms with E-state index in [0.29, 0.717) is 5.82 Å². The first-order valence-electron chi connectivity index (χ1n) is 6.28. The third-order valence-electron chi connectivity index (χ3n) is 3.15. The van der Waals surface area contributed by atoms with Crippen molar-refractivity contribution in [2.24, 2.45) is 0 Å². The summed E-state index contributed by atoms with van der Waals surface area (Å²) < 4.78 is 0. The predicted octanol–water partition coefficient (Wildman–Crippen LogP) is 0.755. The lowest BCUT2D eigenvalue weighted by Crippen LogP contribution is -2.64. The van der Waals surface area contributed by atoms with Crippen molar-refractivity contribution in [3.05, 3.63) is 18.2 Å². The highest BCUT2D eigenvalue weighted by atomic mass is 16.2. The van der Waals surface area contributed by atoms with E-state index >= 15 is 0 Å². The molecule has 19 heavy (non-hydrogen) atoms. The van der Waals surface area contributed by atoms with Crippen LogP contribution in [0.5, 0.6) is 0 Å². The van der Waals surface area contributed by atoms with E-state index in [-0.39, 0.29) is 18.4 Å². The topological polar surface area (TPSA) is 74.3 Å². The van der Waals surface area contributed by atoms with Gasteiger partial charge >= 0.3 is 0 Å². The summed E-state index contributed by atoms with van der Waals surface area (Å²) >= 11 is 0. The summed E-state index contributed by atoms with van der Waals surface area (Å²) in [6.07, 6.45) is 0. The third-order valence-corrected chi connectivity index (χ3v) is 3.15. The van der Waals surface area contributed by atoms with Gasteiger partial charge in [-0.05, 0) is 32.9 Å². The first-order valence-corrected chi connectivity index (χ1v) is 6.28. The quantitative estimate of drug-likeness (QED) is 0.786. The van der Waals surface area contributed by atoms with Gasteiger partial charge in [-0.1, -0.05) is 6.07 Å². The Labute approximate surface area is 112 Å². The lowest BCUT2D eigenvalue weighted by atomic mass is 9.99. The van der Waals surface area contributed by atoms with Gasteiger partial charge in [0, 0.05) is 6.54 Å². The van der Waals surface area contributed by atoms with Crippen LogP contribution in [0.1, 0.15) is 20.8 Å². The van der Waals surface area contributed by atoms with E-state index in [0.717, 1.165) is 12.4 Å². The van der Waals surface area contributed by atoms with Gasteiger partial charge in [-0.25, -0.2) is 4.98 Å². The van der Waals surface area contributed by atoms with E-state index in [4.69, 9.17) is 0 Å². The summed E-state index contributed by atoms with van der Waals surface area (Å²) in [6, 6.07) is 5.51. The zero-order valence-electron chi connectivity index (χ0n) is 11.4. The first-order chi connectivity index (χ1) is 8.95. The molecule has 2 amide bonds. The fourth-order valence-corrected chi connectivity index (χ4v) is 2.00. The second kappa shape index (κ2) is 4.87. The molecule has 102 valence electrons. The Hall–Kier alpha value is -2.11. The molecule has 0 spiro atoms. The van der Waals surface area contributed by atoms with Crippen molar-refractivity contribution in [3.63, 3.8) is 0 Å². The van der Waals surface area contributed by atoms with Crippen molar-refractivity contribution < 1.29 is 9.59 Å². The molecule has 6 nitrogen and oxygen atoms in total. The molecular formula is C13H18N4O2. The van der Waals surface area contributed by atoms with Gasteiger partial charge in [0.15, 0.2) is 0 Å². The van der Waals surface area contributed by atoms with Crippen molar-refractivity contribution in [3.8, 4) is 0 Å². The van der Waals surface area contributed by atoms with Gasteiger partial charge in [0.2, 0.25) is 5.91 Å². The lowest BCUT2D eigenvalue weighted by Gasteiger charge is -2.41. The van der Waals surface area contributed by atoms with Crippen LogP contribution in [0.3, 0.4) is 0 Å². The van der Waals surface area contributed by atoms with Crippen molar-refractivity contribution in [2.45, 2.75) is 26.3 Å². The van der Waals surface area contributed by atoms with Gasteiger partial charge in [0.1, 0.15) is 17.2 Å². The molecule has 2 N–H and O–H groups in total. The fourth-order valence-electron chi connectivity index (χ4n) is 2.00. The molecule has 0 unspecified atom stereocenters. The molecule has 1 aromatic heterocycles. The number of amides is 2. The Kier molecular flexibility index (Phi) is 3.42. The molecule has 6 heteroatoms.